The Bertz CT molecular complexity index is 370. The highest BCUT2D eigenvalue weighted by atomic mass is 35.5. The number of benzene rings is 1. The molecule has 6 heteroatoms. The van der Waals surface area contributed by atoms with Crippen LogP contribution >= 0.6 is 11.6 Å². The lowest BCUT2D eigenvalue weighted by atomic mass is 10.1. The number of nitrogens with zero attached hydrogens (tertiary/aromatic N) is 1. The van der Waals surface area contributed by atoms with Crippen molar-refractivity contribution in [2.75, 3.05) is 20.5 Å². The van der Waals surface area contributed by atoms with E-state index in [1.54, 1.807) is 13.2 Å². The van der Waals surface area contributed by atoms with Crippen molar-refractivity contribution < 1.29 is 14.4 Å². The van der Waals surface area contributed by atoms with E-state index in [2.05, 4.69) is 0 Å². The van der Waals surface area contributed by atoms with E-state index in [9.17, 15) is 10.1 Å². The molecule has 0 amide bonds. The molecule has 0 aliphatic rings. The zero-order chi connectivity index (χ0) is 12.0. The molecule has 88 valence electrons. The molecule has 0 atom stereocenters. The van der Waals surface area contributed by atoms with Crippen LogP contribution in [-0.2, 0) is 15.9 Å². The van der Waals surface area contributed by atoms with Gasteiger partial charge in [0.05, 0.1) is 16.6 Å². The summed E-state index contributed by atoms with van der Waals surface area (Å²) in [5, 5.41) is 10.9. The van der Waals surface area contributed by atoms with Crippen LogP contribution in [0.3, 0.4) is 0 Å². The van der Waals surface area contributed by atoms with Gasteiger partial charge in [0, 0.05) is 19.2 Å². The van der Waals surface area contributed by atoms with Crippen molar-refractivity contribution >= 4 is 17.3 Å². The minimum atomic E-state index is -0.475. The van der Waals surface area contributed by atoms with Gasteiger partial charge in [-0.1, -0.05) is 17.7 Å². The molecule has 0 bridgehead atoms. The Morgan fingerprint density at radius 2 is 2.25 bits per heavy atom. The molecule has 0 spiro atoms. The predicted octanol–water partition coefficient (Wildman–Crippen LogP) is 2.41. The molecule has 16 heavy (non-hydrogen) atoms. The van der Waals surface area contributed by atoms with E-state index in [0.29, 0.717) is 18.1 Å². The molecule has 1 rings (SSSR count). The summed E-state index contributed by atoms with van der Waals surface area (Å²) < 4.78 is 9.82. The number of ether oxygens (including phenoxy) is 2. The highest BCUT2D eigenvalue weighted by Crippen LogP contribution is 2.22. The number of nitro groups is 1. The number of non-ortho nitro benzene ring substituents is 1. The van der Waals surface area contributed by atoms with E-state index < -0.39 is 4.92 Å². The van der Waals surface area contributed by atoms with Gasteiger partial charge in [0.15, 0.2) is 0 Å². The zero-order valence-electron chi connectivity index (χ0n) is 8.81. The highest BCUT2D eigenvalue weighted by Gasteiger charge is 2.08. The maximum absolute atomic E-state index is 10.5. The molecule has 0 fully saturated rings. The number of halogens is 1. The lowest BCUT2D eigenvalue weighted by Crippen LogP contribution is -2.02. The van der Waals surface area contributed by atoms with Crippen LogP contribution in [0.4, 0.5) is 5.69 Å². The van der Waals surface area contributed by atoms with Crippen LogP contribution in [0.5, 0.6) is 0 Å². The number of hydrogen-bond donors (Lipinski definition) is 0. The van der Waals surface area contributed by atoms with Crippen LogP contribution in [0.25, 0.3) is 0 Å². The second-order valence-electron chi connectivity index (χ2n) is 3.10. The lowest BCUT2D eigenvalue weighted by molar-refractivity contribution is -0.384. The standard InChI is InChI=1S/C10H12ClNO4/c1-15-7-16-5-4-8-2-3-9(12(13)14)6-10(8)11/h2-3,6H,4-5,7H2,1H3. The van der Waals surface area contributed by atoms with Gasteiger partial charge < -0.3 is 9.47 Å². The van der Waals surface area contributed by atoms with Gasteiger partial charge in [-0.2, -0.15) is 0 Å². The molecule has 0 saturated heterocycles. The van der Waals surface area contributed by atoms with Gasteiger partial charge in [-0.3, -0.25) is 10.1 Å². The van der Waals surface area contributed by atoms with Gasteiger partial charge in [-0.15, -0.1) is 0 Å². The molecule has 0 heterocycles. The average molecular weight is 246 g/mol. The number of nitro benzene ring substituents is 1. The van der Waals surface area contributed by atoms with Crippen molar-refractivity contribution in [2.24, 2.45) is 0 Å². The molecule has 0 saturated carbocycles. The number of rotatable bonds is 6. The quantitative estimate of drug-likeness (QED) is 0.334. The van der Waals surface area contributed by atoms with E-state index in [4.69, 9.17) is 21.1 Å². The fourth-order valence-electron chi connectivity index (χ4n) is 1.18. The topological polar surface area (TPSA) is 61.6 Å². The van der Waals surface area contributed by atoms with Crippen LogP contribution in [-0.4, -0.2) is 25.4 Å². The fraction of sp³-hybridized carbons (Fsp3) is 0.400. The van der Waals surface area contributed by atoms with Crippen molar-refractivity contribution in [3.05, 3.63) is 38.9 Å². The van der Waals surface area contributed by atoms with E-state index in [1.807, 2.05) is 0 Å². The molecular formula is C10H12ClNO4. The Morgan fingerprint density at radius 1 is 1.50 bits per heavy atom. The van der Waals surface area contributed by atoms with Gasteiger partial charge >= 0.3 is 0 Å². The second kappa shape index (κ2) is 6.42. The summed E-state index contributed by atoms with van der Waals surface area (Å²) in [5.74, 6) is 0. The third-order valence-electron chi connectivity index (χ3n) is 1.96. The normalized spacial score (nSPS) is 10.4. The summed E-state index contributed by atoms with van der Waals surface area (Å²) in [4.78, 5) is 9.99. The first-order valence-corrected chi connectivity index (χ1v) is 5.02. The Morgan fingerprint density at radius 3 is 2.81 bits per heavy atom. The van der Waals surface area contributed by atoms with Crippen LogP contribution in [0.1, 0.15) is 5.56 Å². The van der Waals surface area contributed by atoms with Crippen LogP contribution in [0.2, 0.25) is 5.02 Å². The van der Waals surface area contributed by atoms with Crippen molar-refractivity contribution in [3.63, 3.8) is 0 Å². The molecule has 5 nitrogen and oxygen atoms in total. The average Bonchev–Trinajstić information content (AvgIpc) is 2.26. The third kappa shape index (κ3) is 3.77. The van der Waals surface area contributed by atoms with E-state index >= 15 is 0 Å². The number of hydrogen-bond acceptors (Lipinski definition) is 4. The van der Waals surface area contributed by atoms with Crippen LogP contribution < -0.4 is 0 Å². The highest BCUT2D eigenvalue weighted by molar-refractivity contribution is 6.31. The molecule has 0 aromatic heterocycles. The molecule has 0 unspecified atom stereocenters. The first-order chi connectivity index (χ1) is 7.65. The van der Waals surface area contributed by atoms with E-state index in [-0.39, 0.29) is 12.5 Å². The fourth-order valence-corrected chi connectivity index (χ4v) is 1.45. The van der Waals surface area contributed by atoms with Gasteiger partial charge in [0.25, 0.3) is 5.69 Å². The first-order valence-electron chi connectivity index (χ1n) is 4.64. The van der Waals surface area contributed by atoms with E-state index in [0.717, 1.165) is 5.56 Å². The monoisotopic (exact) mass is 245 g/mol. The van der Waals surface area contributed by atoms with Crippen molar-refractivity contribution in [1.82, 2.24) is 0 Å². The Kier molecular flexibility index (Phi) is 5.18. The molecule has 0 N–H and O–H groups in total. The van der Waals surface area contributed by atoms with Gasteiger partial charge in [0.1, 0.15) is 6.79 Å². The Balaban J connectivity index is 2.57. The van der Waals surface area contributed by atoms with Gasteiger partial charge in [-0.25, -0.2) is 0 Å². The summed E-state index contributed by atoms with van der Waals surface area (Å²) in [6.45, 7) is 0.690. The van der Waals surface area contributed by atoms with Crippen LogP contribution in [0.15, 0.2) is 18.2 Å². The minimum Gasteiger partial charge on any atom is -0.359 e. The van der Waals surface area contributed by atoms with Gasteiger partial charge in [-0.05, 0) is 12.0 Å². The SMILES string of the molecule is COCOCCc1ccc([N+](=O)[O-])cc1Cl. The minimum absolute atomic E-state index is 0.00781. The second-order valence-corrected chi connectivity index (χ2v) is 3.50. The molecule has 0 aliphatic heterocycles. The molecular weight excluding hydrogens is 234 g/mol. The van der Waals surface area contributed by atoms with Crippen molar-refractivity contribution in [3.8, 4) is 0 Å². The Hall–Kier alpha value is -1.17. The summed E-state index contributed by atoms with van der Waals surface area (Å²) in [7, 11) is 1.54. The summed E-state index contributed by atoms with van der Waals surface area (Å²) in [6.07, 6.45) is 0.597. The maximum atomic E-state index is 10.5. The summed E-state index contributed by atoms with van der Waals surface area (Å²) in [6, 6.07) is 4.40. The zero-order valence-corrected chi connectivity index (χ0v) is 9.57. The molecule has 1 aromatic rings. The van der Waals surface area contributed by atoms with E-state index in [1.165, 1.54) is 12.1 Å². The number of methoxy groups -OCH3 is 1. The molecule has 1 aromatic carbocycles. The maximum Gasteiger partial charge on any atom is 0.270 e. The summed E-state index contributed by atoms with van der Waals surface area (Å²) >= 11 is 5.90. The molecule has 0 aliphatic carbocycles. The van der Waals surface area contributed by atoms with Crippen molar-refractivity contribution in [1.29, 1.82) is 0 Å². The molecule has 0 radical (unpaired) electrons. The smallest absolute Gasteiger partial charge is 0.270 e. The van der Waals surface area contributed by atoms with Crippen molar-refractivity contribution in [2.45, 2.75) is 6.42 Å². The predicted molar refractivity (Wildman–Crippen MR) is 59.6 cm³/mol. The largest absolute Gasteiger partial charge is 0.359 e. The van der Waals surface area contributed by atoms with Crippen LogP contribution in [0, 0.1) is 10.1 Å². The Labute approximate surface area is 98.1 Å². The lowest BCUT2D eigenvalue weighted by Gasteiger charge is -2.04. The third-order valence-corrected chi connectivity index (χ3v) is 2.32. The van der Waals surface area contributed by atoms with Gasteiger partial charge in [0.2, 0.25) is 0 Å². The summed E-state index contributed by atoms with van der Waals surface area (Å²) in [5.41, 5.74) is 0.815. The first kappa shape index (κ1) is 12.9.